The van der Waals surface area contributed by atoms with Gasteiger partial charge in [-0.1, -0.05) is 32.9 Å². The molecule has 116 valence electrons. The molecule has 22 heavy (non-hydrogen) atoms. The lowest BCUT2D eigenvalue weighted by atomic mass is 9.41. The van der Waals surface area contributed by atoms with E-state index in [4.69, 9.17) is 15.0 Å². The van der Waals surface area contributed by atoms with Gasteiger partial charge >= 0.3 is 0 Å². The van der Waals surface area contributed by atoms with Gasteiger partial charge in [-0.05, 0) is 28.3 Å². The average Bonchev–Trinajstić information content (AvgIpc) is 2.97. The minimum Gasteiger partial charge on any atom is -0.481 e. The highest BCUT2D eigenvalue weighted by Gasteiger charge is 2.28. The summed E-state index contributed by atoms with van der Waals surface area (Å²) in [5, 5.41) is 13.4. The van der Waals surface area contributed by atoms with Gasteiger partial charge in [0.15, 0.2) is 5.65 Å². The van der Waals surface area contributed by atoms with Crippen LogP contribution in [0.2, 0.25) is 12.6 Å². The first-order valence-electron chi connectivity index (χ1n) is 7.70. The van der Waals surface area contributed by atoms with Crippen LogP contribution in [0.25, 0.3) is 5.65 Å². The molecule has 1 saturated heterocycles. The number of ether oxygens (including phenoxy) is 1. The van der Waals surface area contributed by atoms with Gasteiger partial charge in [-0.25, -0.2) is 10.2 Å². The standard InChI is InChI=1S/C13H14BBrN4O.C2H6/c1-20-12-5-11(9-3-2-4-14(6-9)8-16)18-13-10(15)7-17-19(12)13;1-2/h5,7,9H,2-4,6H2,1H3;1-2H3. The maximum Gasteiger partial charge on any atom is 0.268 e. The summed E-state index contributed by atoms with van der Waals surface area (Å²) in [7, 11) is 1.63. The number of nitriles is 1. The maximum absolute atomic E-state index is 9.12. The van der Waals surface area contributed by atoms with Gasteiger partial charge in [0.1, 0.15) is 0 Å². The number of fused-ring (bicyclic) bond motifs is 1. The van der Waals surface area contributed by atoms with Crippen molar-refractivity contribution < 1.29 is 4.74 Å². The van der Waals surface area contributed by atoms with E-state index < -0.39 is 0 Å². The number of halogens is 1. The number of methoxy groups -OCH3 is 1. The molecule has 2 aromatic rings. The molecule has 2 aromatic heterocycles. The summed E-state index contributed by atoms with van der Waals surface area (Å²) in [6, 6.07) is 1.94. The molecular weight excluding hydrogens is 343 g/mol. The number of hydrogen-bond acceptors (Lipinski definition) is 4. The van der Waals surface area contributed by atoms with Crippen LogP contribution in [0.5, 0.6) is 5.88 Å². The van der Waals surface area contributed by atoms with E-state index in [2.05, 4.69) is 27.0 Å². The Kier molecular flexibility index (Phi) is 5.84. The van der Waals surface area contributed by atoms with Gasteiger partial charge < -0.3 is 4.74 Å². The molecule has 0 saturated carbocycles. The molecule has 3 heterocycles. The Bertz CT molecular complexity index is 682. The fourth-order valence-corrected chi connectivity index (χ4v) is 3.20. The van der Waals surface area contributed by atoms with E-state index >= 15 is 0 Å². The normalized spacial score (nSPS) is 17.6. The van der Waals surface area contributed by atoms with Gasteiger partial charge in [0.2, 0.25) is 5.88 Å². The fourth-order valence-electron chi connectivity index (χ4n) is 2.86. The fraction of sp³-hybridized carbons (Fsp3) is 0.533. The first-order chi connectivity index (χ1) is 10.7. The second kappa shape index (κ2) is 7.64. The van der Waals surface area contributed by atoms with Crippen molar-refractivity contribution in [3.8, 4) is 11.8 Å². The van der Waals surface area contributed by atoms with Crippen molar-refractivity contribution in [2.45, 2.75) is 45.2 Å². The smallest absolute Gasteiger partial charge is 0.268 e. The molecule has 3 rings (SSSR count). The lowest BCUT2D eigenvalue weighted by Gasteiger charge is -2.23. The van der Waals surface area contributed by atoms with Crippen molar-refractivity contribution in [1.29, 1.82) is 5.26 Å². The minimum atomic E-state index is 0.145. The Balaban J connectivity index is 0.000000847. The zero-order valence-electron chi connectivity index (χ0n) is 13.2. The van der Waals surface area contributed by atoms with Gasteiger partial charge in [-0.15, -0.1) is 0 Å². The number of hydrogen-bond donors (Lipinski definition) is 0. The molecule has 0 aliphatic carbocycles. The molecule has 7 heteroatoms. The average molecular weight is 363 g/mol. The highest BCUT2D eigenvalue weighted by Crippen LogP contribution is 2.34. The Morgan fingerprint density at radius 3 is 2.95 bits per heavy atom. The largest absolute Gasteiger partial charge is 0.481 e. The molecule has 0 N–H and O–H groups in total. The second-order valence-corrected chi connectivity index (χ2v) is 6.00. The molecule has 1 atom stereocenters. The van der Waals surface area contributed by atoms with Gasteiger partial charge in [-0.3, -0.25) is 0 Å². The first kappa shape index (κ1) is 16.8. The summed E-state index contributed by atoms with van der Waals surface area (Å²) in [6.07, 6.45) is 5.76. The van der Waals surface area contributed by atoms with Crippen LogP contribution in [0, 0.1) is 11.2 Å². The third-order valence-corrected chi connectivity index (χ3v) is 4.46. The molecule has 1 fully saturated rings. The Morgan fingerprint density at radius 1 is 1.50 bits per heavy atom. The number of nitrogens with zero attached hydrogens (tertiary/aromatic N) is 4. The third kappa shape index (κ3) is 3.27. The van der Waals surface area contributed by atoms with Gasteiger partial charge in [0.25, 0.3) is 6.71 Å². The Labute approximate surface area is 139 Å². The van der Waals surface area contributed by atoms with E-state index in [0.29, 0.717) is 11.8 Å². The van der Waals surface area contributed by atoms with Crippen molar-refractivity contribution >= 4 is 28.3 Å². The van der Waals surface area contributed by atoms with Crippen LogP contribution >= 0.6 is 15.9 Å². The number of rotatable bonds is 2. The summed E-state index contributed by atoms with van der Waals surface area (Å²) in [5.41, 5.74) is 1.76. The van der Waals surface area contributed by atoms with E-state index in [0.717, 1.165) is 41.3 Å². The summed E-state index contributed by atoms with van der Waals surface area (Å²) in [6.45, 7) is 4.14. The van der Waals surface area contributed by atoms with Crippen LogP contribution in [0.4, 0.5) is 0 Å². The monoisotopic (exact) mass is 362 g/mol. The van der Waals surface area contributed by atoms with E-state index in [1.54, 1.807) is 17.8 Å². The molecule has 0 amide bonds. The first-order valence-corrected chi connectivity index (χ1v) is 8.50. The van der Waals surface area contributed by atoms with Crippen molar-refractivity contribution in [3.05, 3.63) is 22.4 Å². The van der Waals surface area contributed by atoms with Crippen molar-refractivity contribution in [2.75, 3.05) is 7.11 Å². The predicted octanol–water partition coefficient (Wildman–Crippen LogP) is 3.96. The minimum absolute atomic E-state index is 0.145. The summed E-state index contributed by atoms with van der Waals surface area (Å²) in [5.74, 6) is 3.39. The SMILES string of the molecule is CC.COc1cc(C2CCCB(C#N)C2)nc2c(Br)cnn12. The van der Waals surface area contributed by atoms with Crippen molar-refractivity contribution in [3.63, 3.8) is 0 Å². The van der Waals surface area contributed by atoms with Gasteiger partial charge in [0.05, 0.1) is 23.5 Å². The van der Waals surface area contributed by atoms with Crippen molar-refractivity contribution in [2.24, 2.45) is 0 Å². The van der Waals surface area contributed by atoms with E-state index in [1.807, 2.05) is 19.9 Å². The maximum atomic E-state index is 9.12. The van der Waals surface area contributed by atoms with Crippen molar-refractivity contribution in [1.82, 2.24) is 14.6 Å². The Hall–Kier alpha value is -1.55. The molecule has 0 spiro atoms. The third-order valence-electron chi connectivity index (χ3n) is 3.90. The van der Waals surface area contributed by atoms with E-state index in [-0.39, 0.29) is 6.71 Å². The molecule has 1 aliphatic heterocycles. The molecule has 0 aromatic carbocycles. The quantitative estimate of drug-likeness (QED) is 0.758. The lowest BCUT2D eigenvalue weighted by Crippen LogP contribution is -2.21. The van der Waals surface area contributed by atoms with Crippen LogP contribution in [0.15, 0.2) is 16.7 Å². The zero-order chi connectivity index (χ0) is 16.1. The van der Waals surface area contributed by atoms with E-state index in [9.17, 15) is 0 Å². The van der Waals surface area contributed by atoms with Crippen LogP contribution in [0.3, 0.4) is 0 Å². The second-order valence-electron chi connectivity index (χ2n) is 5.14. The van der Waals surface area contributed by atoms with Crippen LogP contribution < -0.4 is 4.74 Å². The molecule has 1 aliphatic rings. The summed E-state index contributed by atoms with van der Waals surface area (Å²) >= 11 is 3.46. The Morgan fingerprint density at radius 2 is 2.27 bits per heavy atom. The van der Waals surface area contributed by atoms with Crippen LogP contribution in [-0.4, -0.2) is 28.4 Å². The highest BCUT2D eigenvalue weighted by molar-refractivity contribution is 9.10. The predicted molar refractivity (Wildman–Crippen MR) is 91.5 cm³/mol. The molecule has 0 bridgehead atoms. The number of aromatic nitrogens is 3. The summed E-state index contributed by atoms with van der Waals surface area (Å²) in [4.78, 5) is 4.70. The van der Waals surface area contributed by atoms with Crippen LogP contribution in [-0.2, 0) is 0 Å². The molecule has 0 radical (unpaired) electrons. The summed E-state index contributed by atoms with van der Waals surface area (Å²) < 4.78 is 7.93. The molecule has 1 unspecified atom stereocenters. The van der Waals surface area contributed by atoms with Gasteiger partial charge in [0, 0.05) is 12.0 Å². The lowest BCUT2D eigenvalue weighted by molar-refractivity contribution is 0.383. The highest BCUT2D eigenvalue weighted by atomic mass is 79.9. The molecule has 5 nitrogen and oxygen atoms in total. The topological polar surface area (TPSA) is 63.2 Å². The van der Waals surface area contributed by atoms with E-state index in [1.165, 1.54) is 0 Å². The van der Waals surface area contributed by atoms with Crippen LogP contribution in [0.1, 0.15) is 38.3 Å². The molecular formula is C15H20BBrN4O. The van der Waals surface area contributed by atoms with Gasteiger partial charge in [-0.2, -0.15) is 9.61 Å². The zero-order valence-corrected chi connectivity index (χ0v) is 14.8.